The molecule has 0 radical (unpaired) electrons. The molecule has 1 fully saturated rings. The SMILES string of the molecule is CC(C)(C)[C@H](N)C(=O)NCC1CCN(Cc2ccccc2)CC1. The van der Waals surface area contributed by atoms with Crippen LogP contribution in [-0.4, -0.2) is 36.5 Å². The van der Waals surface area contributed by atoms with E-state index in [1.54, 1.807) is 0 Å². The van der Waals surface area contributed by atoms with E-state index < -0.39 is 6.04 Å². The van der Waals surface area contributed by atoms with Gasteiger partial charge in [-0.3, -0.25) is 9.69 Å². The predicted molar refractivity (Wildman–Crippen MR) is 94.9 cm³/mol. The van der Waals surface area contributed by atoms with Gasteiger partial charge in [-0.15, -0.1) is 0 Å². The molecule has 1 heterocycles. The number of hydrogen-bond acceptors (Lipinski definition) is 3. The number of rotatable bonds is 5. The highest BCUT2D eigenvalue weighted by atomic mass is 16.2. The second-order valence-corrected chi connectivity index (χ2v) is 7.79. The van der Waals surface area contributed by atoms with E-state index in [1.807, 2.05) is 20.8 Å². The van der Waals surface area contributed by atoms with E-state index in [-0.39, 0.29) is 11.3 Å². The summed E-state index contributed by atoms with van der Waals surface area (Å²) in [4.78, 5) is 14.6. The molecule has 2 rings (SSSR count). The number of amides is 1. The average molecular weight is 317 g/mol. The van der Waals surface area contributed by atoms with Gasteiger partial charge in [0.15, 0.2) is 0 Å². The maximum atomic E-state index is 12.1. The number of benzene rings is 1. The van der Waals surface area contributed by atoms with E-state index in [1.165, 1.54) is 5.56 Å². The molecule has 1 amide bonds. The first kappa shape index (κ1) is 18.0. The summed E-state index contributed by atoms with van der Waals surface area (Å²) in [6.45, 7) is 9.97. The lowest BCUT2D eigenvalue weighted by Crippen LogP contribution is -2.50. The van der Waals surface area contributed by atoms with Crippen molar-refractivity contribution in [3.63, 3.8) is 0 Å². The average Bonchev–Trinajstić information content (AvgIpc) is 2.53. The van der Waals surface area contributed by atoms with E-state index in [4.69, 9.17) is 5.73 Å². The van der Waals surface area contributed by atoms with Gasteiger partial charge in [0.05, 0.1) is 6.04 Å². The lowest BCUT2D eigenvalue weighted by Gasteiger charge is -2.33. The Bertz CT molecular complexity index is 487. The predicted octanol–water partition coefficient (Wildman–Crippen LogP) is 2.39. The van der Waals surface area contributed by atoms with Crippen molar-refractivity contribution in [1.29, 1.82) is 0 Å². The number of carbonyl (C=O) groups excluding carboxylic acids is 1. The molecule has 4 heteroatoms. The molecule has 3 N–H and O–H groups in total. The van der Waals surface area contributed by atoms with Crippen LogP contribution in [0.15, 0.2) is 30.3 Å². The van der Waals surface area contributed by atoms with Crippen molar-refractivity contribution < 1.29 is 4.79 Å². The summed E-state index contributed by atoms with van der Waals surface area (Å²) in [5.41, 5.74) is 7.18. The summed E-state index contributed by atoms with van der Waals surface area (Å²) in [6, 6.07) is 10.2. The number of nitrogens with zero attached hydrogens (tertiary/aromatic N) is 1. The number of likely N-dealkylation sites (tertiary alicyclic amines) is 1. The zero-order chi connectivity index (χ0) is 16.9. The standard InChI is InChI=1S/C19H31N3O/c1-19(2,3)17(20)18(23)21-13-15-9-11-22(12-10-15)14-16-7-5-4-6-8-16/h4-8,15,17H,9-14,20H2,1-3H3,(H,21,23)/t17-/m1/s1. The largest absolute Gasteiger partial charge is 0.354 e. The van der Waals surface area contributed by atoms with Gasteiger partial charge in [0.1, 0.15) is 0 Å². The summed E-state index contributed by atoms with van der Waals surface area (Å²) >= 11 is 0. The summed E-state index contributed by atoms with van der Waals surface area (Å²) in [5.74, 6) is 0.544. The molecular formula is C19H31N3O. The summed E-state index contributed by atoms with van der Waals surface area (Å²) < 4.78 is 0. The van der Waals surface area contributed by atoms with Crippen LogP contribution in [0.2, 0.25) is 0 Å². The smallest absolute Gasteiger partial charge is 0.237 e. The maximum absolute atomic E-state index is 12.1. The van der Waals surface area contributed by atoms with Gasteiger partial charge in [0, 0.05) is 13.1 Å². The molecule has 1 atom stereocenters. The zero-order valence-electron chi connectivity index (χ0n) is 14.7. The number of piperidine rings is 1. The molecule has 1 aromatic carbocycles. The second-order valence-electron chi connectivity index (χ2n) is 7.79. The zero-order valence-corrected chi connectivity index (χ0v) is 14.7. The lowest BCUT2D eigenvalue weighted by molar-refractivity contribution is -0.124. The molecule has 23 heavy (non-hydrogen) atoms. The van der Waals surface area contributed by atoms with Crippen LogP contribution in [0.4, 0.5) is 0 Å². The Morgan fingerprint density at radius 1 is 1.26 bits per heavy atom. The number of nitrogens with one attached hydrogen (secondary N) is 1. The van der Waals surface area contributed by atoms with E-state index in [0.29, 0.717) is 5.92 Å². The molecule has 1 saturated heterocycles. The Kier molecular flexibility index (Phi) is 6.19. The van der Waals surface area contributed by atoms with E-state index >= 15 is 0 Å². The minimum atomic E-state index is -0.444. The second kappa shape index (κ2) is 7.93. The summed E-state index contributed by atoms with van der Waals surface area (Å²) in [5, 5.41) is 3.04. The molecule has 0 saturated carbocycles. The third-order valence-corrected chi connectivity index (χ3v) is 4.74. The Labute approximate surface area is 140 Å². The van der Waals surface area contributed by atoms with Gasteiger partial charge in [0.2, 0.25) is 5.91 Å². The van der Waals surface area contributed by atoms with Crippen LogP contribution < -0.4 is 11.1 Å². The Balaban J connectivity index is 1.70. The number of carbonyl (C=O) groups is 1. The third kappa shape index (κ3) is 5.63. The topological polar surface area (TPSA) is 58.4 Å². The molecule has 0 bridgehead atoms. The van der Waals surface area contributed by atoms with Gasteiger partial charge in [-0.05, 0) is 42.8 Å². The van der Waals surface area contributed by atoms with E-state index in [9.17, 15) is 4.79 Å². The highest BCUT2D eigenvalue weighted by molar-refractivity contribution is 5.82. The van der Waals surface area contributed by atoms with Crippen molar-refractivity contribution in [2.24, 2.45) is 17.1 Å². The van der Waals surface area contributed by atoms with Gasteiger partial charge in [0.25, 0.3) is 0 Å². The van der Waals surface area contributed by atoms with Crippen LogP contribution in [-0.2, 0) is 11.3 Å². The first-order chi connectivity index (χ1) is 10.9. The maximum Gasteiger partial charge on any atom is 0.237 e. The molecule has 1 aromatic rings. The molecule has 1 aliphatic heterocycles. The summed E-state index contributed by atoms with van der Waals surface area (Å²) in [6.07, 6.45) is 2.27. The minimum Gasteiger partial charge on any atom is -0.354 e. The Morgan fingerprint density at radius 3 is 2.43 bits per heavy atom. The molecule has 0 aromatic heterocycles. The first-order valence-corrected chi connectivity index (χ1v) is 8.66. The minimum absolute atomic E-state index is 0.0239. The van der Waals surface area contributed by atoms with Gasteiger partial charge in [-0.25, -0.2) is 0 Å². The highest BCUT2D eigenvalue weighted by Crippen LogP contribution is 2.20. The third-order valence-electron chi connectivity index (χ3n) is 4.74. The van der Waals surface area contributed by atoms with Crippen LogP contribution >= 0.6 is 0 Å². The summed E-state index contributed by atoms with van der Waals surface area (Å²) in [7, 11) is 0. The van der Waals surface area contributed by atoms with Crippen LogP contribution in [0.5, 0.6) is 0 Å². The van der Waals surface area contributed by atoms with Crippen LogP contribution in [0.25, 0.3) is 0 Å². The fourth-order valence-electron chi connectivity index (χ4n) is 2.94. The molecule has 0 unspecified atom stereocenters. The fourth-order valence-corrected chi connectivity index (χ4v) is 2.94. The number of hydrogen-bond donors (Lipinski definition) is 2. The van der Waals surface area contributed by atoms with Crippen LogP contribution in [0, 0.1) is 11.3 Å². The molecule has 128 valence electrons. The van der Waals surface area contributed by atoms with Gasteiger partial charge < -0.3 is 11.1 Å². The molecule has 1 aliphatic rings. The van der Waals surface area contributed by atoms with Gasteiger partial charge >= 0.3 is 0 Å². The van der Waals surface area contributed by atoms with Crippen molar-refractivity contribution in [3.8, 4) is 0 Å². The van der Waals surface area contributed by atoms with E-state index in [2.05, 4.69) is 40.5 Å². The van der Waals surface area contributed by atoms with Gasteiger partial charge in [-0.2, -0.15) is 0 Å². The monoisotopic (exact) mass is 317 g/mol. The molecule has 0 spiro atoms. The normalized spacial score (nSPS) is 18.6. The Hall–Kier alpha value is -1.39. The fraction of sp³-hybridized carbons (Fsp3) is 0.632. The van der Waals surface area contributed by atoms with Crippen molar-refractivity contribution >= 4 is 5.91 Å². The quantitative estimate of drug-likeness (QED) is 0.876. The number of nitrogens with two attached hydrogens (primary N) is 1. The van der Waals surface area contributed by atoms with Crippen LogP contribution in [0.3, 0.4) is 0 Å². The highest BCUT2D eigenvalue weighted by Gasteiger charge is 2.28. The van der Waals surface area contributed by atoms with Crippen molar-refractivity contribution in [3.05, 3.63) is 35.9 Å². The molecule has 0 aliphatic carbocycles. The molecule has 4 nitrogen and oxygen atoms in total. The van der Waals surface area contributed by atoms with Crippen molar-refractivity contribution in [2.45, 2.75) is 46.2 Å². The Morgan fingerprint density at radius 2 is 1.87 bits per heavy atom. The van der Waals surface area contributed by atoms with E-state index in [0.717, 1.165) is 39.0 Å². The molecular weight excluding hydrogens is 286 g/mol. The van der Waals surface area contributed by atoms with Crippen LogP contribution in [0.1, 0.15) is 39.2 Å². The van der Waals surface area contributed by atoms with Crippen molar-refractivity contribution in [1.82, 2.24) is 10.2 Å². The van der Waals surface area contributed by atoms with Crippen molar-refractivity contribution in [2.75, 3.05) is 19.6 Å². The van der Waals surface area contributed by atoms with Gasteiger partial charge in [-0.1, -0.05) is 51.1 Å². The first-order valence-electron chi connectivity index (χ1n) is 8.66. The lowest BCUT2D eigenvalue weighted by atomic mass is 9.86.